The molecular weight excluding hydrogens is 182 g/mol. The summed E-state index contributed by atoms with van der Waals surface area (Å²) in [5.74, 6) is 2.59. The zero-order valence-corrected chi connectivity index (χ0v) is 8.30. The van der Waals surface area contributed by atoms with E-state index in [4.69, 9.17) is 6.42 Å². The molecule has 0 amide bonds. The lowest BCUT2D eigenvalue weighted by Gasteiger charge is -2.17. The zero-order valence-electron chi connectivity index (χ0n) is 7.49. The van der Waals surface area contributed by atoms with Crippen LogP contribution < -0.4 is 4.90 Å². The Labute approximate surface area is 82.2 Å². The molecule has 3 heteroatoms. The van der Waals surface area contributed by atoms with E-state index in [0.717, 1.165) is 22.7 Å². The van der Waals surface area contributed by atoms with Gasteiger partial charge in [0.15, 0.2) is 6.29 Å². The van der Waals surface area contributed by atoms with Crippen molar-refractivity contribution in [1.29, 1.82) is 0 Å². The lowest BCUT2D eigenvalue weighted by molar-refractivity contribution is 0.112. The van der Waals surface area contributed by atoms with Crippen molar-refractivity contribution in [2.75, 3.05) is 18.0 Å². The Morgan fingerprint density at radius 1 is 1.69 bits per heavy atom. The highest BCUT2D eigenvalue weighted by Crippen LogP contribution is 2.24. The van der Waals surface area contributed by atoms with Crippen LogP contribution in [0.25, 0.3) is 0 Å². The largest absolute Gasteiger partial charge is 0.353 e. The Kier molecular flexibility index (Phi) is 3.53. The number of terminal acetylenes is 1. The highest BCUT2D eigenvalue weighted by Gasteiger charge is 2.05. The summed E-state index contributed by atoms with van der Waals surface area (Å²) in [6.45, 7) is 3.50. The summed E-state index contributed by atoms with van der Waals surface area (Å²) >= 11 is 1.47. The molecule has 0 saturated carbocycles. The zero-order chi connectivity index (χ0) is 9.68. The van der Waals surface area contributed by atoms with Gasteiger partial charge in [-0.2, -0.15) is 0 Å². The van der Waals surface area contributed by atoms with Crippen molar-refractivity contribution in [2.45, 2.75) is 6.92 Å². The van der Waals surface area contributed by atoms with Crippen molar-refractivity contribution >= 4 is 22.6 Å². The maximum atomic E-state index is 10.4. The van der Waals surface area contributed by atoms with Crippen molar-refractivity contribution in [3.63, 3.8) is 0 Å². The third-order valence-electron chi connectivity index (χ3n) is 1.70. The minimum absolute atomic E-state index is 0.593. The predicted octanol–water partition coefficient (Wildman–Crippen LogP) is 2.02. The van der Waals surface area contributed by atoms with E-state index in [1.807, 2.05) is 19.1 Å². The molecule has 0 aliphatic rings. The molecule has 2 nitrogen and oxygen atoms in total. The van der Waals surface area contributed by atoms with E-state index in [-0.39, 0.29) is 0 Å². The average Bonchev–Trinajstić information content (AvgIpc) is 2.62. The minimum atomic E-state index is 0.593. The fraction of sp³-hybridized carbons (Fsp3) is 0.300. The second-order valence-electron chi connectivity index (χ2n) is 2.51. The smallest absolute Gasteiger partial charge is 0.160 e. The molecule has 68 valence electrons. The van der Waals surface area contributed by atoms with Crippen molar-refractivity contribution in [3.8, 4) is 12.3 Å². The summed E-state index contributed by atoms with van der Waals surface area (Å²) in [5.41, 5.74) is 0. The normalized spacial score (nSPS) is 9.23. The van der Waals surface area contributed by atoms with Crippen LogP contribution in [0.5, 0.6) is 0 Å². The van der Waals surface area contributed by atoms with Crippen LogP contribution in [0, 0.1) is 12.3 Å². The number of carbonyl (C=O) groups is 1. The van der Waals surface area contributed by atoms with Crippen LogP contribution in [0.4, 0.5) is 5.00 Å². The number of aldehydes is 1. The van der Waals surface area contributed by atoms with E-state index in [1.54, 1.807) is 0 Å². The van der Waals surface area contributed by atoms with Crippen LogP contribution in [-0.4, -0.2) is 19.4 Å². The van der Waals surface area contributed by atoms with Gasteiger partial charge in [-0.1, -0.05) is 5.92 Å². The first kappa shape index (κ1) is 9.82. The van der Waals surface area contributed by atoms with Crippen LogP contribution in [0.1, 0.15) is 16.6 Å². The summed E-state index contributed by atoms with van der Waals surface area (Å²) in [4.78, 5) is 13.2. The highest BCUT2D eigenvalue weighted by atomic mass is 32.1. The van der Waals surface area contributed by atoms with Crippen molar-refractivity contribution in [3.05, 3.63) is 17.0 Å². The van der Waals surface area contributed by atoms with Gasteiger partial charge in [0.1, 0.15) is 0 Å². The number of rotatable bonds is 4. The molecule has 13 heavy (non-hydrogen) atoms. The van der Waals surface area contributed by atoms with Crippen LogP contribution in [0.15, 0.2) is 12.1 Å². The molecule has 0 aliphatic carbocycles. The number of anilines is 1. The number of thiophene rings is 1. The Bertz CT molecular complexity index is 324. The molecule has 1 aromatic rings. The van der Waals surface area contributed by atoms with Gasteiger partial charge in [0, 0.05) is 6.54 Å². The first-order valence-electron chi connectivity index (χ1n) is 4.05. The predicted molar refractivity (Wildman–Crippen MR) is 56.4 cm³/mol. The van der Waals surface area contributed by atoms with E-state index < -0.39 is 0 Å². The van der Waals surface area contributed by atoms with E-state index in [9.17, 15) is 4.79 Å². The number of hydrogen-bond acceptors (Lipinski definition) is 3. The second-order valence-corrected chi connectivity index (χ2v) is 3.61. The van der Waals surface area contributed by atoms with Gasteiger partial charge in [-0.3, -0.25) is 4.79 Å². The Balaban J connectivity index is 2.79. The fourth-order valence-electron chi connectivity index (χ4n) is 1.03. The van der Waals surface area contributed by atoms with Gasteiger partial charge in [-0.05, 0) is 19.1 Å². The van der Waals surface area contributed by atoms with Gasteiger partial charge in [0.05, 0.1) is 16.4 Å². The maximum Gasteiger partial charge on any atom is 0.160 e. The number of hydrogen-bond donors (Lipinski definition) is 0. The highest BCUT2D eigenvalue weighted by molar-refractivity contribution is 7.17. The van der Waals surface area contributed by atoms with Crippen molar-refractivity contribution < 1.29 is 4.79 Å². The SMILES string of the molecule is C#CCN(CC)c1ccc(C=O)s1. The lowest BCUT2D eigenvalue weighted by Crippen LogP contribution is -2.21. The molecule has 0 atom stereocenters. The molecule has 0 radical (unpaired) electrons. The van der Waals surface area contributed by atoms with Gasteiger partial charge in [-0.15, -0.1) is 17.8 Å². The molecule has 0 fully saturated rings. The minimum Gasteiger partial charge on any atom is -0.353 e. The Hall–Kier alpha value is -1.27. The molecule has 1 heterocycles. The number of nitrogens with zero attached hydrogens (tertiary/aromatic N) is 1. The second kappa shape index (κ2) is 4.68. The molecular formula is C10H11NOS. The molecule has 1 rings (SSSR count). The molecule has 0 N–H and O–H groups in total. The average molecular weight is 193 g/mol. The summed E-state index contributed by atoms with van der Waals surface area (Å²) in [6, 6.07) is 3.74. The molecule has 0 unspecified atom stereocenters. The summed E-state index contributed by atoms with van der Waals surface area (Å²) in [7, 11) is 0. The molecule has 0 spiro atoms. The third-order valence-corrected chi connectivity index (χ3v) is 2.78. The first-order chi connectivity index (χ1) is 6.31. The van der Waals surface area contributed by atoms with Gasteiger partial charge >= 0.3 is 0 Å². The molecule has 0 aliphatic heterocycles. The Morgan fingerprint density at radius 2 is 2.46 bits per heavy atom. The van der Waals surface area contributed by atoms with Gasteiger partial charge in [0.25, 0.3) is 0 Å². The monoisotopic (exact) mass is 193 g/mol. The van der Waals surface area contributed by atoms with E-state index in [2.05, 4.69) is 10.8 Å². The summed E-state index contributed by atoms with van der Waals surface area (Å²) in [5, 5.41) is 1.06. The lowest BCUT2D eigenvalue weighted by atomic mass is 10.4. The molecule has 1 aromatic heterocycles. The molecule has 0 saturated heterocycles. The molecule has 0 bridgehead atoms. The molecule has 0 aromatic carbocycles. The maximum absolute atomic E-state index is 10.4. The van der Waals surface area contributed by atoms with Crippen LogP contribution in [0.2, 0.25) is 0 Å². The third kappa shape index (κ3) is 2.33. The van der Waals surface area contributed by atoms with E-state index in [1.165, 1.54) is 11.3 Å². The van der Waals surface area contributed by atoms with Gasteiger partial charge < -0.3 is 4.90 Å². The van der Waals surface area contributed by atoms with Crippen LogP contribution in [-0.2, 0) is 0 Å². The van der Waals surface area contributed by atoms with Crippen LogP contribution >= 0.6 is 11.3 Å². The number of carbonyl (C=O) groups excluding carboxylic acids is 1. The standard InChI is InChI=1S/C10H11NOS/c1-3-7-11(4-2)10-6-5-9(8-12)13-10/h1,5-6,8H,4,7H2,2H3. The quantitative estimate of drug-likeness (QED) is 0.538. The van der Waals surface area contributed by atoms with Crippen LogP contribution in [0.3, 0.4) is 0 Å². The van der Waals surface area contributed by atoms with E-state index >= 15 is 0 Å². The Morgan fingerprint density at radius 3 is 2.92 bits per heavy atom. The van der Waals surface area contributed by atoms with Crippen molar-refractivity contribution in [2.24, 2.45) is 0 Å². The first-order valence-corrected chi connectivity index (χ1v) is 4.87. The van der Waals surface area contributed by atoms with E-state index in [0.29, 0.717) is 6.54 Å². The fourth-order valence-corrected chi connectivity index (χ4v) is 1.92. The summed E-state index contributed by atoms with van der Waals surface area (Å²) in [6.07, 6.45) is 6.08. The van der Waals surface area contributed by atoms with Crippen molar-refractivity contribution in [1.82, 2.24) is 0 Å². The van der Waals surface area contributed by atoms with Gasteiger partial charge in [-0.25, -0.2) is 0 Å². The van der Waals surface area contributed by atoms with Gasteiger partial charge in [0.2, 0.25) is 0 Å². The topological polar surface area (TPSA) is 20.3 Å². The summed E-state index contributed by atoms with van der Waals surface area (Å²) < 4.78 is 0.